The normalized spacial score (nSPS) is 20.3. The molecule has 0 bridgehead atoms. The number of carbonyl (C=O) groups excluding carboxylic acids is 2. The van der Waals surface area contributed by atoms with E-state index in [2.05, 4.69) is 51.1 Å². The number of rotatable bonds is 12. The Morgan fingerprint density at radius 1 is 0.865 bits per heavy atom. The van der Waals surface area contributed by atoms with E-state index in [0.717, 1.165) is 32.6 Å². The van der Waals surface area contributed by atoms with Crippen LogP contribution in [0.25, 0.3) is 11.6 Å². The van der Waals surface area contributed by atoms with Gasteiger partial charge in [0.1, 0.15) is 5.75 Å². The summed E-state index contributed by atoms with van der Waals surface area (Å²) in [5.74, 6) is -2.49. The number of amides is 2. The summed E-state index contributed by atoms with van der Waals surface area (Å²) in [7, 11) is -1.50. The first-order valence-corrected chi connectivity index (χ1v) is 20.0. The van der Waals surface area contributed by atoms with E-state index >= 15 is 0 Å². The van der Waals surface area contributed by atoms with Crippen molar-refractivity contribution in [1.29, 1.82) is 0 Å². The van der Waals surface area contributed by atoms with E-state index < -0.39 is 32.2 Å². The van der Waals surface area contributed by atoms with Crippen molar-refractivity contribution in [1.82, 2.24) is 4.90 Å². The number of imide groups is 1. The number of allylic oxidation sites excluding steroid dienone is 1. The summed E-state index contributed by atoms with van der Waals surface area (Å²) < 4.78 is 7.35. The molecule has 270 valence electrons. The van der Waals surface area contributed by atoms with Crippen LogP contribution < -0.4 is 10.4 Å². The molecule has 1 aliphatic carbocycles. The third kappa shape index (κ3) is 7.21. The number of hydrogen-bond acceptors (Lipinski definition) is 6. The molecule has 0 unspecified atom stereocenters. The molecule has 2 aliphatic rings. The lowest BCUT2D eigenvalue weighted by molar-refractivity contribution is -0.138. The second-order valence-corrected chi connectivity index (χ2v) is 19.4. The molecule has 2 amide bonds. The summed E-state index contributed by atoms with van der Waals surface area (Å²) in [4.78, 5) is 28.2. The largest absolute Gasteiger partial charge is 0.508 e. The third-order valence-electron chi connectivity index (χ3n) is 10.9. The van der Waals surface area contributed by atoms with Gasteiger partial charge in [-0.25, -0.2) is 0 Å². The highest BCUT2D eigenvalue weighted by molar-refractivity contribution is 6.99. The Labute approximate surface area is 308 Å². The third-order valence-corrected chi connectivity index (χ3v) is 15.9. The molecule has 4 aromatic rings. The first-order valence-electron chi connectivity index (χ1n) is 18.1. The number of phenols is 1. The van der Waals surface area contributed by atoms with Crippen molar-refractivity contribution in [3.63, 3.8) is 0 Å². The van der Waals surface area contributed by atoms with Crippen molar-refractivity contribution >= 4 is 42.2 Å². The Bertz CT molecular complexity index is 1880. The number of nitrogens with zero attached hydrogens (tertiary/aromatic N) is 1. The molecule has 3 N–H and O–H groups in total. The summed E-state index contributed by atoms with van der Waals surface area (Å²) in [6.07, 6.45) is 2.14. The van der Waals surface area contributed by atoms with Gasteiger partial charge in [0.15, 0.2) is 0 Å². The van der Waals surface area contributed by atoms with Crippen LogP contribution in [0.3, 0.4) is 0 Å². The number of hydrogen-bond donors (Lipinski definition) is 3. The molecule has 0 radical (unpaired) electrons. The number of carbonyl (C=O) groups is 2. The van der Waals surface area contributed by atoms with Crippen LogP contribution in [0.2, 0.25) is 5.04 Å². The molecule has 1 aliphatic heterocycles. The molecule has 8 heteroatoms. The van der Waals surface area contributed by atoms with Gasteiger partial charge >= 0.3 is 0 Å². The zero-order chi connectivity index (χ0) is 37.0. The van der Waals surface area contributed by atoms with Gasteiger partial charge in [-0.3, -0.25) is 14.5 Å². The SMILES string of the molecule is CN1C(=O)[C@@H]2[C@@H](CC(CO[Si](c3ccccc3)(c3ccccc3)C(C)(C)C)=C([C@H](O)CC/C(=C/c3ccc(O)cc3)c3ccccc3)[C@@H]2CO)C1=O. The highest BCUT2D eigenvalue weighted by Crippen LogP contribution is 2.47. The van der Waals surface area contributed by atoms with Crippen LogP contribution in [0.15, 0.2) is 126 Å². The van der Waals surface area contributed by atoms with Gasteiger partial charge in [0.05, 0.1) is 31.2 Å². The molecule has 0 saturated carbocycles. The highest BCUT2D eigenvalue weighted by atomic mass is 28.4. The Balaban J connectivity index is 1.42. The van der Waals surface area contributed by atoms with E-state index in [0.29, 0.717) is 18.4 Å². The zero-order valence-corrected chi connectivity index (χ0v) is 31.4. The first kappa shape index (κ1) is 37.2. The van der Waals surface area contributed by atoms with Gasteiger partial charge in [0.2, 0.25) is 11.8 Å². The number of benzene rings is 4. The number of aliphatic hydroxyl groups excluding tert-OH is 2. The van der Waals surface area contributed by atoms with Crippen LogP contribution in [0.5, 0.6) is 5.75 Å². The van der Waals surface area contributed by atoms with Gasteiger partial charge in [-0.1, -0.05) is 130 Å². The minimum absolute atomic E-state index is 0.152. The standard InChI is InChI=1S/C44H49NO6Si/c1-44(2,3)52(35-16-10-6-11-17-35,36-18-12-7-13-19-36)51-29-33-27-37-41(43(50)45(4)42(37)49)38(28-46)40(33)39(48)25-22-32(31-14-8-5-9-15-31)26-30-20-23-34(47)24-21-30/h5-21,23-24,26,37-39,41,46-48H,22,25,27-29H2,1-4H3/b32-26-/t37-,38+,39-,41-/m1/s1. The van der Waals surface area contributed by atoms with Crippen molar-refractivity contribution in [3.05, 3.63) is 138 Å². The van der Waals surface area contributed by atoms with Gasteiger partial charge in [-0.2, -0.15) is 0 Å². The van der Waals surface area contributed by atoms with E-state index in [1.165, 1.54) is 11.9 Å². The molecule has 52 heavy (non-hydrogen) atoms. The number of aromatic hydroxyl groups is 1. The van der Waals surface area contributed by atoms with E-state index in [1.807, 2.05) is 78.9 Å². The van der Waals surface area contributed by atoms with Crippen LogP contribution in [-0.2, 0) is 14.0 Å². The van der Waals surface area contributed by atoms with Crippen molar-refractivity contribution in [2.75, 3.05) is 20.3 Å². The summed E-state index contributed by atoms with van der Waals surface area (Å²) in [5, 5.41) is 35.0. The lowest BCUT2D eigenvalue weighted by atomic mass is 9.68. The molecule has 6 rings (SSSR count). The Morgan fingerprint density at radius 2 is 1.42 bits per heavy atom. The van der Waals surface area contributed by atoms with Gasteiger partial charge < -0.3 is 19.7 Å². The van der Waals surface area contributed by atoms with Crippen molar-refractivity contribution in [3.8, 4) is 5.75 Å². The fourth-order valence-corrected chi connectivity index (χ4v) is 12.9. The fourth-order valence-electron chi connectivity index (χ4n) is 8.38. The Morgan fingerprint density at radius 3 is 1.96 bits per heavy atom. The second kappa shape index (κ2) is 15.6. The first-order chi connectivity index (χ1) is 25.0. The lowest BCUT2D eigenvalue weighted by Crippen LogP contribution is -2.66. The van der Waals surface area contributed by atoms with Gasteiger partial charge in [0.25, 0.3) is 8.32 Å². The number of phenolic OH excluding ortho intramolecular Hbond substituents is 1. The number of aliphatic hydroxyl groups is 2. The minimum atomic E-state index is -3.00. The molecule has 7 nitrogen and oxygen atoms in total. The van der Waals surface area contributed by atoms with E-state index in [9.17, 15) is 24.9 Å². The second-order valence-electron chi connectivity index (χ2n) is 15.1. The van der Waals surface area contributed by atoms with Gasteiger partial charge in [0, 0.05) is 13.0 Å². The van der Waals surface area contributed by atoms with Crippen molar-refractivity contribution < 1.29 is 29.3 Å². The molecule has 4 atom stereocenters. The smallest absolute Gasteiger partial charge is 0.261 e. The summed E-state index contributed by atoms with van der Waals surface area (Å²) in [5.41, 5.74) is 4.30. The molecular formula is C44H49NO6Si. The Hall–Kier alpha value is -4.60. The van der Waals surface area contributed by atoms with Crippen molar-refractivity contribution in [2.24, 2.45) is 17.8 Å². The molecule has 1 saturated heterocycles. The Kier molecular flexibility index (Phi) is 11.1. The molecular weight excluding hydrogens is 667 g/mol. The monoisotopic (exact) mass is 715 g/mol. The predicted octanol–water partition coefficient (Wildman–Crippen LogP) is 6.19. The summed E-state index contributed by atoms with van der Waals surface area (Å²) >= 11 is 0. The molecule has 4 aromatic carbocycles. The number of fused-ring (bicyclic) bond motifs is 1. The van der Waals surface area contributed by atoms with Gasteiger partial charge in [-0.15, -0.1) is 0 Å². The fraction of sp³-hybridized carbons (Fsp3) is 0.318. The molecule has 1 heterocycles. The predicted molar refractivity (Wildman–Crippen MR) is 208 cm³/mol. The molecule has 0 spiro atoms. The summed E-state index contributed by atoms with van der Waals surface area (Å²) in [6, 6.07) is 37.6. The van der Waals surface area contributed by atoms with E-state index in [-0.39, 0.29) is 42.2 Å². The highest BCUT2D eigenvalue weighted by Gasteiger charge is 2.55. The van der Waals surface area contributed by atoms with Gasteiger partial charge in [-0.05, 0) is 74.7 Å². The topological polar surface area (TPSA) is 107 Å². The maximum Gasteiger partial charge on any atom is 0.261 e. The average molecular weight is 716 g/mol. The van der Waals surface area contributed by atoms with Crippen LogP contribution in [0.4, 0.5) is 0 Å². The van der Waals surface area contributed by atoms with Crippen LogP contribution >= 0.6 is 0 Å². The zero-order valence-electron chi connectivity index (χ0n) is 30.4. The molecule has 1 fully saturated rings. The van der Waals surface area contributed by atoms with Crippen molar-refractivity contribution in [2.45, 2.75) is 51.2 Å². The van der Waals surface area contributed by atoms with Crippen LogP contribution in [-0.4, -0.2) is 66.7 Å². The average Bonchev–Trinajstić information content (AvgIpc) is 3.37. The van der Waals surface area contributed by atoms with Crippen LogP contribution in [0, 0.1) is 17.8 Å². The van der Waals surface area contributed by atoms with Crippen LogP contribution in [0.1, 0.15) is 51.2 Å². The minimum Gasteiger partial charge on any atom is -0.508 e. The maximum atomic E-state index is 13.5. The number of likely N-dealkylation sites (tertiary alicyclic amines) is 1. The molecule has 0 aromatic heterocycles. The lowest BCUT2D eigenvalue weighted by Gasteiger charge is -2.44. The quantitative estimate of drug-likeness (QED) is 0.0700. The maximum absolute atomic E-state index is 13.5. The van der Waals surface area contributed by atoms with E-state index in [4.69, 9.17) is 4.43 Å². The van der Waals surface area contributed by atoms with E-state index in [1.54, 1.807) is 12.1 Å². The summed E-state index contributed by atoms with van der Waals surface area (Å²) in [6.45, 7) is 6.39.